The minimum Gasteiger partial charge on any atom is -0.507 e. The van der Waals surface area contributed by atoms with Crippen LogP contribution in [0.15, 0.2) is 42.5 Å². The normalized spacial score (nSPS) is 11.3. The van der Waals surface area contributed by atoms with Gasteiger partial charge in [0.1, 0.15) is 5.75 Å². The fraction of sp³-hybridized carbons (Fsp3) is 0.235. The van der Waals surface area contributed by atoms with Crippen LogP contribution in [0.25, 0.3) is 0 Å². The second kappa shape index (κ2) is 6.32. The lowest BCUT2D eigenvalue weighted by Gasteiger charge is -2.19. The van der Waals surface area contributed by atoms with E-state index in [0.717, 1.165) is 17.7 Å². The maximum atomic E-state index is 12.7. The maximum absolute atomic E-state index is 12.7. The van der Waals surface area contributed by atoms with Gasteiger partial charge in [-0.05, 0) is 42.3 Å². The van der Waals surface area contributed by atoms with E-state index in [9.17, 15) is 23.1 Å². The molecule has 0 aliphatic carbocycles. The minimum atomic E-state index is -4.42. The number of benzene rings is 2. The SMILES string of the molecule is Cc1ccc(C(=O)N(C)Cc2cccc(C(F)(F)F)c2)c(O)c1. The van der Waals surface area contributed by atoms with Gasteiger partial charge in [-0.25, -0.2) is 0 Å². The number of hydrogen-bond donors (Lipinski definition) is 1. The van der Waals surface area contributed by atoms with E-state index in [1.807, 2.05) is 0 Å². The average Bonchev–Trinajstić information content (AvgIpc) is 2.46. The summed E-state index contributed by atoms with van der Waals surface area (Å²) in [6, 6.07) is 9.47. The van der Waals surface area contributed by atoms with Crippen LogP contribution in [-0.4, -0.2) is 23.0 Å². The molecule has 0 atom stereocenters. The summed E-state index contributed by atoms with van der Waals surface area (Å²) < 4.78 is 38.1. The highest BCUT2D eigenvalue weighted by molar-refractivity contribution is 5.96. The number of aryl methyl sites for hydroxylation is 1. The molecule has 1 amide bonds. The Morgan fingerprint density at radius 1 is 1.17 bits per heavy atom. The number of phenolic OH excluding ortho intramolecular Hbond substituents is 1. The smallest absolute Gasteiger partial charge is 0.416 e. The third kappa shape index (κ3) is 4.03. The number of amides is 1. The molecule has 122 valence electrons. The van der Waals surface area contributed by atoms with Crippen LogP contribution in [0.5, 0.6) is 5.75 Å². The van der Waals surface area contributed by atoms with Gasteiger partial charge in [0.25, 0.3) is 5.91 Å². The fourth-order valence-electron chi connectivity index (χ4n) is 2.22. The summed E-state index contributed by atoms with van der Waals surface area (Å²) in [5.74, 6) is -0.606. The van der Waals surface area contributed by atoms with Gasteiger partial charge in [-0.15, -0.1) is 0 Å². The summed E-state index contributed by atoms with van der Waals surface area (Å²) in [6.07, 6.45) is -4.42. The standard InChI is InChI=1S/C17H16F3NO2/c1-11-6-7-14(15(22)8-11)16(23)21(2)10-12-4-3-5-13(9-12)17(18,19)20/h3-9,22H,10H2,1-2H3. The second-order valence-electron chi connectivity index (χ2n) is 5.38. The number of rotatable bonds is 3. The molecular formula is C17H16F3NO2. The second-order valence-corrected chi connectivity index (χ2v) is 5.38. The molecule has 0 fully saturated rings. The first-order valence-electron chi connectivity index (χ1n) is 6.89. The number of alkyl halides is 3. The molecule has 3 nitrogen and oxygen atoms in total. The summed E-state index contributed by atoms with van der Waals surface area (Å²) in [6.45, 7) is 1.79. The van der Waals surface area contributed by atoms with Crippen molar-refractivity contribution in [2.45, 2.75) is 19.6 Å². The van der Waals surface area contributed by atoms with Crippen molar-refractivity contribution >= 4 is 5.91 Å². The van der Waals surface area contributed by atoms with Crippen LogP contribution in [-0.2, 0) is 12.7 Å². The first-order chi connectivity index (χ1) is 10.7. The Bertz CT molecular complexity index is 726. The Morgan fingerprint density at radius 3 is 2.48 bits per heavy atom. The molecule has 23 heavy (non-hydrogen) atoms. The molecule has 0 unspecified atom stereocenters. The van der Waals surface area contributed by atoms with Crippen LogP contribution in [0.2, 0.25) is 0 Å². The van der Waals surface area contributed by atoms with E-state index in [1.54, 1.807) is 13.0 Å². The van der Waals surface area contributed by atoms with Crippen molar-refractivity contribution < 1.29 is 23.1 Å². The summed E-state index contributed by atoms with van der Waals surface area (Å²) in [5, 5.41) is 9.83. The molecule has 0 saturated heterocycles. The van der Waals surface area contributed by atoms with Crippen LogP contribution in [0.3, 0.4) is 0 Å². The maximum Gasteiger partial charge on any atom is 0.416 e. The highest BCUT2D eigenvalue weighted by Crippen LogP contribution is 2.30. The minimum absolute atomic E-state index is 0.00999. The van der Waals surface area contributed by atoms with Crippen LogP contribution >= 0.6 is 0 Å². The van der Waals surface area contributed by atoms with Gasteiger partial charge < -0.3 is 10.0 Å². The summed E-state index contributed by atoms with van der Waals surface area (Å²) >= 11 is 0. The van der Waals surface area contributed by atoms with E-state index in [1.165, 1.54) is 36.2 Å². The lowest BCUT2D eigenvalue weighted by Crippen LogP contribution is -2.26. The molecule has 0 saturated carbocycles. The van der Waals surface area contributed by atoms with Gasteiger partial charge >= 0.3 is 6.18 Å². The van der Waals surface area contributed by atoms with Crippen molar-refractivity contribution in [2.75, 3.05) is 7.05 Å². The quantitative estimate of drug-likeness (QED) is 0.928. The van der Waals surface area contributed by atoms with Crippen molar-refractivity contribution in [3.8, 4) is 5.75 Å². The molecule has 0 aliphatic heterocycles. The molecule has 0 aromatic heterocycles. The van der Waals surface area contributed by atoms with Crippen LogP contribution < -0.4 is 0 Å². The predicted molar refractivity (Wildman–Crippen MR) is 80.1 cm³/mol. The van der Waals surface area contributed by atoms with Crippen molar-refractivity contribution in [2.24, 2.45) is 0 Å². The van der Waals surface area contributed by atoms with Gasteiger partial charge in [-0.3, -0.25) is 4.79 Å². The monoisotopic (exact) mass is 323 g/mol. The largest absolute Gasteiger partial charge is 0.507 e. The molecule has 0 aliphatic rings. The Morgan fingerprint density at radius 2 is 1.87 bits per heavy atom. The number of halogens is 3. The molecule has 0 bridgehead atoms. The molecule has 2 rings (SSSR count). The van der Waals surface area contributed by atoms with Crippen molar-refractivity contribution in [3.63, 3.8) is 0 Å². The van der Waals surface area contributed by atoms with E-state index >= 15 is 0 Å². The zero-order valence-electron chi connectivity index (χ0n) is 12.7. The Kier molecular flexibility index (Phi) is 4.63. The number of phenols is 1. The summed E-state index contributed by atoms with van der Waals surface area (Å²) in [7, 11) is 1.47. The average molecular weight is 323 g/mol. The van der Waals surface area contributed by atoms with Crippen LogP contribution in [0.1, 0.15) is 27.0 Å². The van der Waals surface area contributed by atoms with Crippen LogP contribution in [0, 0.1) is 6.92 Å². The van der Waals surface area contributed by atoms with E-state index < -0.39 is 17.6 Å². The van der Waals surface area contributed by atoms with Gasteiger partial charge in [0.2, 0.25) is 0 Å². The lowest BCUT2D eigenvalue weighted by molar-refractivity contribution is -0.137. The Labute approximate surface area is 132 Å². The first-order valence-corrected chi connectivity index (χ1v) is 6.89. The van der Waals surface area contributed by atoms with Gasteiger partial charge in [0, 0.05) is 13.6 Å². The molecular weight excluding hydrogens is 307 g/mol. The highest BCUT2D eigenvalue weighted by atomic mass is 19.4. The number of carbonyl (C=O) groups is 1. The lowest BCUT2D eigenvalue weighted by atomic mass is 10.1. The zero-order chi connectivity index (χ0) is 17.2. The third-order valence-corrected chi connectivity index (χ3v) is 3.40. The molecule has 0 heterocycles. The van der Waals surface area contributed by atoms with Crippen molar-refractivity contribution in [1.82, 2.24) is 4.90 Å². The molecule has 0 radical (unpaired) electrons. The van der Waals surface area contributed by atoms with E-state index in [2.05, 4.69) is 0 Å². The number of carbonyl (C=O) groups excluding carboxylic acids is 1. The number of aromatic hydroxyl groups is 1. The first kappa shape index (κ1) is 16.9. The van der Waals surface area contributed by atoms with Crippen LogP contribution in [0.4, 0.5) is 13.2 Å². The van der Waals surface area contributed by atoms with Gasteiger partial charge in [0.15, 0.2) is 0 Å². The van der Waals surface area contributed by atoms with Gasteiger partial charge in [0.05, 0.1) is 11.1 Å². The molecule has 1 N–H and O–H groups in total. The number of hydrogen-bond acceptors (Lipinski definition) is 2. The summed E-state index contributed by atoms with van der Waals surface area (Å²) in [4.78, 5) is 13.6. The van der Waals surface area contributed by atoms with Gasteiger partial charge in [-0.1, -0.05) is 18.2 Å². The van der Waals surface area contributed by atoms with E-state index in [0.29, 0.717) is 5.56 Å². The molecule has 2 aromatic rings. The molecule has 6 heteroatoms. The molecule has 2 aromatic carbocycles. The Balaban J connectivity index is 2.18. The van der Waals surface area contributed by atoms with Gasteiger partial charge in [-0.2, -0.15) is 13.2 Å². The Hall–Kier alpha value is -2.50. The van der Waals surface area contributed by atoms with E-state index in [-0.39, 0.29) is 17.9 Å². The third-order valence-electron chi connectivity index (χ3n) is 3.40. The molecule has 0 spiro atoms. The van der Waals surface area contributed by atoms with E-state index in [4.69, 9.17) is 0 Å². The predicted octanol–water partition coefficient (Wildman–Crippen LogP) is 3.99. The topological polar surface area (TPSA) is 40.5 Å². The summed E-state index contributed by atoms with van der Waals surface area (Å²) in [5.41, 5.74) is 0.529. The van der Waals surface area contributed by atoms with Crippen molar-refractivity contribution in [3.05, 3.63) is 64.7 Å². The zero-order valence-corrected chi connectivity index (χ0v) is 12.7. The van der Waals surface area contributed by atoms with Crippen molar-refractivity contribution in [1.29, 1.82) is 0 Å². The fourth-order valence-corrected chi connectivity index (χ4v) is 2.22. The number of nitrogens with zero attached hydrogens (tertiary/aromatic N) is 1. The highest BCUT2D eigenvalue weighted by Gasteiger charge is 2.30.